The molecule has 0 aliphatic carbocycles. The summed E-state index contributed by atoms with van der Waals surface area (Å²) in [7, 11) is 0. The lowest BCUT2D eigenvalue weighted by atomic mass is 10.0. The summed E-state index contributed by atoms with van der Waals surface area (Å²) in [5, 5.41) is 22.4. The van der Waals surface area contributed by atoms with Gasteiger partial charge in [-0.2, -0.15) is 13.2 Å². The van der Waals surface area contributed by atoms with Gasteiger partial charge in [0.25, 0.3) is 5.91 Å². The van der Waals surface area contributed by atoms with Gasteiger partial charge in [-0.15, -0.1) is 0 Å². The van der Waals surface area contributed by atoms with Crippen molar-refractivity contribution in [1.29, 1.82) is 0 Å². The number of halogens is 3. The molecule has 0 fully saturated rings. The lowest BCUT2D eigenvalue weighted by Crippen LogP contribution is -2.44. The quantitative estimate of drug-likeness (QED) is 0.199. The number of carbonyl (C=O) groups excluding carboxylic acids is 1. The Morgan fingerprint density at radius 2 is 1.29 bits per heavy atom. The van der Waals surface area contributed by atoms with E-state index in [0.717, 1.165) is 35.4 Å². The van der Waals surface area contributed by atoms with Crippen molar-refractivity contribution in [2.45, 2.75) is 38.0 Å². The highest BCUT2D eigenvalue weighted by molar-refractivity contribution is 5.87. The van der Waals surface area contributed by atoms with Gasteiger partial charge in [-0.25, -0.2) is 4.79 Å². The first-order valence-corrected chi connectivity index (χ1v) is 12.9. The zero-order valence-electron chi connectivity index (χ0n) is 22.3. The number of amides is 1. The average molecular weight is 580 g/mol. The summed E-state index contributed by atoms with van der Waals surface area (Å²) in [5.41, 5.74) is 1.30. The van der Waals surface area contributed by atoms with E-state index in [1.165, 1.54) is 0 Å². The number of nitrogens with one attached hydrogen (secondary N) is 1. The van der Waals surface area contributed by atoms with Crippen molar-refractivity contribution in [3.05, 3.63) is 131 Å². The first-order valence-electron chi connectivity index (χ1n) is 12.9. The Labute approximate surface area is 240 Å². The van der Waals surface area contributed by atoms with Crippen molar-refractivity contribution in [1.82, 2.24) is 5.32 Å². The molecule has 0 radical (unpaired) electrons. The number of alkyl halides is 3. The Morgan fingerprint density at radius 1 is 0.738 bits per heavy atom. The third kappa shape index (κ3) is 8.34. The summed E-state index contributed by atoms with van der Waals surface area (Å²) >= 11 is 0. The van der Waals surface area contributed by atoms with E-state index >= 15 is 0 Å². The van der Waals surface area contributed by atoms with E-state index in [0.29, 0.717) is 17.1 Å². The van der Waals surface area contributed by atoms with Crippen molar-refractivity contribution >= 4 is 11.9 Å². The van der Waals surface area contributed by atoms with Crippen molar-refractivity contribution in [2.75, 3.05) is 0 Å². The molecule has 0 aromatic heterocycles. The lowest BCUT2D eigenvalue weighted by Gasteiger charge is -2.19. The number of benzene rings is 4. The molecule has 0 heterocycles. The van der Waals surface area contributed by atoms with Crippen LogP contribution >= 0.6 is 0 Å². The van der Waals surface area contributed by atoms with Crippen LogP contribution < -0.4 is 14.8 Å². The highest BCUT2D eigenvalue weighted by atomic mass is 19.4. The zero-order chi connectivity index (χ0) is 30.1. The Hall–Kier alpha value is -4.83. The van der Waals surface area contributed by atoms with Crippen LogP contribution in [0.4, 0.5) is 13.2 Å². The maximum absolute atomic E-state index is 12.8. The molecule has 1 amide bonds. The molecular formula is C32H28F3NO6. The summed E-state index contributed by atoms with van der Waals surface area (Å²) in [6.07, 6.45) is -6.61. The monoisotopic (exact) mass is 579 g/mol. The lowest BCUT2D eigenvalue weighted by molar-refractivity contribution is -0.143. The van der Waals surface area contributed by atoms with Gasteiger partial charge in [-0.05, 0) is 46.5 Å². The molecule has 218 valence electrons. The van der Waals surface area contributed by atoms with Crippen LogP contribution in [0.25, 0.3) is 0 Å². The minimum Gasteiger partial charge on any atom is -0.485 e. The van der Waals surface area contributed by atoms with E-state index in [1.54, 1.807) is 18.2 Å². The van der Waals surface area contributed by atoms with Gasteiger partial charge in [0, 0.05) is 6.42 Å². The van der Waals surface area contributed by atoms with E-state index in [1.807, 2.05) is 60.7 Å². The molecule has 0 aliphatic heterocycles. The normalized spacial score (nSPS) is 12.7. The van der Waals surface area contributed by atoms with Crippen LogP contribution in [0.15, 0.2) is 103 Å². The maximum atomic E-state index is 12.8. The minimum atomic E-state index is -4.58. The summed E-state index contributed by atoms with van der Waals surface area (Å²) in [4.78, 5) is 24.6. The predicted octanol–water partition coefficient (Wildman–Crippen LogP) is 5.71. The molecule has 4 rings (SSSR count). The Kier molecular flexibility index (Phi) is 9.82. The van der Waals surface area contributed by atoms with Crippen LogP contribution in [0.1, 0.15) is 33.9 Å². The predicted molar refractivity (Wildman–Crippen MR) is 148 cm³/mol. The second kappa shape index (κ2) is 13.7. The Bertz CT molecular complexity index is 1480. The average Bonchev–Trinajstić information content (AvgIpc) is 2.99. The number of aliphatic carboxylic acids is 1. The first-order chi connectivity index (χ1) is 20.1. The van der Waals surface area contributed by atoms with E-state index < -0.39 is 35.8 Å². The van der Waals surface area contributed by atoms with E-state index in [4.69, 9.17) is 9.47 Å². The molecule has 42 heavy (non-hydrogen) atoms. The molecule has 0 saturated carbocycles. The number of aliphatic hydroxyl groups excluding tert-OH is 1. The van der Waals surface area contributed by atoms with Crippen molar-refractivity contribution < 1.29 is 42.4 Å². The van der Waals surface area contributed by atoms with Crippen LogP contribution in [0.5, 0.6) is 11.5 Å². The van der Waals surface area contributed by atoms with Gasteiger partial charge in [0.05, 0.1) is 5.56 Å². The fourth-order valence-electron chi connectivity index (χ4n) is 4.07. The minimum absolute atomic E-state index is 0.110. The number of hydrogen-bond acceptors (Lipinski definition) is 5. The van der Waals surface area contributed by atoms with E-state index in [-0.39, 0.29) is 25.2 Å². The topological polar surface area (TPSA) is 105 Å². The van der Waals surface area contributed by atoms with Gasteiger partial charge < -0.3 is 25.0 Å². The van der Waals surface area contributed by atoms with Crippen LogP contribution in [0, 0.1) is 0 Å². The molecule has 0 unspecified atom stereocenters. The maximum Gasteiger partial charge on any atom is 0.416 e. The number of carboxylic acid groups (broad SMARTS) is 1. The second-order valence-electron chi connectivity index (χ2n) is 9.46. The van der Waals surface area contributed by atoms with E-state index in [2.05, 4.69) is 5.32 Å². The van der Waals surface area contributed by atoms with Crippen LogP contribution in [0.3, 0.4) is 0 Å². The summed E-state index contributed by atoms with van der Waals surface area (Å²) < 4.78 is 50.5. The fourth-order valence-corrected chi connectivity index (χ4v) is 4.07. The highest BCUT2D eigenvalue weighted by Gasteiger charge is 2.31. The summed E-state index contributed by atoms with van der Waals surface area (Å²) in [5.74, 6) is -1.62. The number of rotatable bonds is 12. The van der Waals surface area contributed by atoms with Gasteiger partial charge in [0.1, 0.15) is 19.3 Å². The van der Waals surface area contributed by atoms with Crippen molar-refractivity contribution in [2.24, 2.45) is 0 Å². The summed E-state index contributed by atoms with van der Waals surface area (Å²) in [6, 6.07) is 25.8. The molecule has 0 saturated heterocycles. The number of carboxylic acids is 1. The molecular weight excluding hydrogens is 551 g/mol. The number of aliphatic hydroxyl groups is 1. The summed E-state index contributed by atoms with van der Waals surface area (Å²) in [6.45, 7) is 0.502. The second-order valence-corrected chi connectivity index (χ2v) is 9.46. The number of ether oxygens (including phenoxy) is 2. The molecule has 4 aromatic rings. The molecule has 0 spiro atoms. The first kappa shape index (κ1) is 30.1. The molecule has 10 heteroatoms. The highest BCUT2D eigenvalue weighted by Crippen LogP contribution is 2.32. The van der Waals surface area contributed by atoms with Gasteiger partial charge >= 0.3 is 12.1 Å². The number of carbonyl (C=O) groups is 2. The largest absolute Gasteiger partial charge is 0.485 e. The van der Waals surface area contributed by atoms with Gasteiger partial charge in [0.2, 0.25) is 0 Å². The van der Waals surface area contributed by atoms with Crippen molar-refractivity contribution in [3.8, 4) is 11.5 Å². The molecule has 7 nitrogen and oxygen atoms in total. The Balaban J connectivity index is 1.48. The molecule has 4 aromatic carbocycles. The van der Waals surface area contributed by atoms with Crippen LogP contribution in [-0.4, -0.2) is 28.1 Å². The van der Waals surface area contributed by atoms with Gasteiger partial charge in [-0.1, -0.05) is 78.9 Å². The van der Waals surface area contributed by atoms with Gasteiger partial charge in [0.15, 0.2) is 17.6 Å². The van der Waals surface area contributed by atoms with E-state index in [9.17, 15) is 33.0 Å². The fraction of sp³-hybridized carbons (Fsp3) is 0.188. The molecule has 0 bridgehead atoms. The third-order valence-corrected chi connectivity index (χ3v) is 6.34. The van der Waals surface area contributed by atoms with Gasteiger partial charge in [-0.3, -0.25) is 4.79 Å². The molecule has 0 aliphatic rings. The number of hydrogen-bond donors (Lipinski definition) is 3. The van der Waals surface area contributed by atoms with Crippen molar-refractivity contribution in [3.63, 3.8) is 0 Å². The molecule has 2 atom stereocenters. The zero-order valence-corrected chi connectivity index (χ0v) is 22.3. The van der Waals surface area contributed by atoms with Crippen LogP contribution in [-0.2, 0) is 35.4 Å². The SMILES string of the molecule is O=C(O)[C@H](Cc1ccc(OCc2ccccc2)c(OCc2ccccc2)c1)NC(=O)[C@@H](O)c1ccc(C(F)(F)F)cc1. The Morgan fingerprint density at radius 3 is 1.81 bits per heavy atom. The van der Waals surface area contributed by atoms with Crippen LogP contribution in [0.2, 0.25) is 0 Å². The third-order valence-electron chi connectivity index (χ3n) is 6.34. The standard InChI is InChI=1S/C32H28F3NO6/c33-32(34,35)25-14-12-24(13-15-25)29(37)30(38)36-26(31(39)40)17-23-11-16-27(41-19-21-7-3-1-4-8-21)28(18-23)42-20-22-9-5-2-6-10-22/h1-16,18,26,29,37H,17,19-20H2,(H,36,38)(H,39,40)/t26-,29-/m0/s1. The molecule has 3 N–H and O–H groups in total. The smallest absolute Gasteiger partial charge is 0.416 e.